The van der Waals surface area contributed by atoms with Gasteiger partial charge in [-0.1, -0.05) is 5.16 Å². The van der Waals surface area contributed by atoms with E-state index < -0.39 is 6.04 Å². The van der Waals surface area contributed by atoms with Crippen LogP contribution in [0.5, 0.6) is 0 Å². The van der Waals surface area contributed by atoms with Gasteiger partial charge in [0.1, 0.15) is 6.04 Å². The molecule has 1 amide bonds. The number of nitrogens with one attached hydrogen (secondary N) is 1. The first-order valence-corrected chi connectivity index (χ1v) is 4.01. The molecule has 1 rings (SSSR count). The Morgan fingerprint density at radius 1 is 1.86 bits per heavy atom. The van der Waals surface area contributed by atoms with Crippen LogP contribution in [0.3, 0.4) is 0 Å². The fraction of sp³-hybridized carbons (Fsp3) is 0.571. The number of carbonyl (C=O) groups is 1. The number of hydrogen-bond donors (Lipinski definition) is 2. The predicted octanol–water partition coefficient (Wildman–Crippen LogP) is -1.34. The molecular formula is C7H12N4O3. The molecule has 0 aliphatic rings. The molecule has 1 aromatic rings. The molecule has 1 heterocycles. The fourth-order valence-corrected chi connectivity index (χ4v) is 0.823. The minimum absolute atomic E-state index is 0.179. The lowest BCUT2D eigenvalue weighted by Gasteiger charge is -2.09. The SMILES string of the molecule is COCC(N)C(=O)NCc1ncon1. The van der Waals surface area contributed by atoms with E-state index >= 15 is 0 Å². The first-order chi connectivity index (χ1) is 6.74. The molecule has 0 radical (unpaired) electrons. The normalized spacial score (nSPS) is 12.4. The molecular weight excluding hydrogens is 188 g/mol. The molecule has 0 saturated heterocycles. The maximum atomic E-state index is 11.2. The minimum Gasteiger partial charge on any atom is -0.383 e. The van der Waals surface area contributed by atoms with Crippen molar-refractivity contribution in [2.24, 2.45) is 5.73 Å². The Morgan fingerprint density at radius 2 is 2.64 bits per heavy atom. The Bertz CT molecular complexity index is 274. The number of nitrogens with two attached hydrogens (primary N) is 1. The predicted molar refractivity (Wildman–Crippen MR) is 46.0 cm³/mol. The zero-order valence-electron chi connectivity index (χ0n) is 7.77. The van der Waals surface area contributed by atoms with Crippen LogP contribution in [0.1, 0.15) is 5.82 Å². The van der Waals surface area contributed by atoms with Crippen molar-refractivity contribution in [3.8, 4) is 0 Å². The Hall–Kier alpha value is -1.47. The fourth-order valence-electron chi connectivity index (χ4n) is 0.823. The summed E-state index contributed by atoms with van der Waals surface area (Å²) in [6.45, 7) is 0.380. The van der Waals surface area contributed by atoms with Gasteiger partial charge in [0.25, 0.3) is 0 Å². The van der Waals surface area contributed by atoms with Crippen LogP contribution >= 0.6 is 0 Å². The lowest BCUT2D eigenvalue weighted by atomic mass is 10.3. The molecule has 78 valence electrons. The summed E-state index contributed by atoms with van der Waals surface area (Å²) in [5.74, 6) is 0.0969. The molecule has 14 heavy (non-hydrogen) atoms. The van der Waals surface area contributed by atoms with Gasteiger partial charge in [0.2, 0.25) is 12.3 Å². The Morgan fingerprint density at radius 3 is 3.21 bits per heavy atom. The van der Waals surface area contributed by atoms with Crippen LogP contribution in [0.4, 0.5) is 0 Å². The Kier molecular flexibility index (Phi) is 4.02. The van der Waals surface area contributed by atoms with Gasteiger partial charge in [-0.15, -0.1) is 0 Å². The van der Waals surface area contributed by atoms with E-state index in [-0.39, 0.29) is 19.1 Å². The number of hydrogen-bond acceptors (Lipinski definition) is 6. The van der Waals surface area contributed by atoms with Gasteiger partial charge in [0.15, 0.2) is 5.82 Å². The van der Waals surface area contributed by atoms with E-state index in [1.54, 1.807) is 0 Å². The van der Waals surface area contributed by atoms with E-state index in [1.165, 1.54) is 13.5 Å². The summed E-state index contributed by atoms with van der Waals surface area (Å²) in [5, 5.41) is 6.06. The number of nitrogens with zero attached hydrogens (tertiary/aromatic N) is 2. The van der Waals surface area contributed by atoms with Crippen LogP contribution in [-0.2, 0) is 16.1 Å². The van der Waals surface area contributed by atoms with Crippen molar-refractivity contribution in [2.75, 3.05) is 13.7 Å². The third-order valence-electron chi connectivity index (χ3n) is 1.51. The monoisotopic (exact) mass is 200 g/mol. The maximum absolute atomic E-state index is 11.2. The molecule has 0 aromatic carbocycles. The van der Waals surface area contributed by atoms with E-state index in [2.05, 4.69) is 20.0 Å². The van der Waals surface area contributed by atoms with Gasteiger partial charge in [0.05, 0.1) is 13.2 Å². The highest BCUT2D eigenvalue weighted by molar-refractivity contribution is 5.81. The van der Waals surface area contributed by atoms with E-state index in [9.17, 15) is 4.79 Å². The smallest absolute Gasteiger partial charge is 0.239 e. The topological polar surface area (TPSA) is 103 Å². The maximum Gasteiger partial charge on any atom is 0.239 e. The van der Waals surface area contributed by atoms with Gasteiger partial charge in [-0.25, -0.2) is 0 Å². The van der Waals surface area contributed by atoms with Crippen LogP contribution in [0, 0.1) is 0 Å². The van der Waals surface area contributed by atoms with Crippen molar-refractivity contribution in [2.45, 2.75) is 12.6 Å². The summed E-state index contributed by atoms with van der Waals surface area (Å²) in [7, 11) is 1.48. The molecule has 0 aliphatic heterocycles. The number of amides is 1. The average molecular weight is 200 g/mol. The quantitative estimate of drug-likeness (QED) is 0.609. The highest BCUT2D eigenvalue weighted by atomic mass is 16.5. The molecule has 3 N–H and O–H groups in total. The standard InChI is InChI=1S/C7H12N4O3/c1-13-3-5(8)7(12)9-2-6-10-4-14-11-6/h4-5H,2-3,8H2,1H3,(H,9,12). The summed E-state index contributed by atoms with van der Waals surface area (Å²) in [5.41, 5.74) is 5.47. The highest BCUT2D eigenvalue weighted by Crippen LogP contribution is 1.88. The molecule has 1 atom stereocenters. The van der Waals surface area contributed by atoms with Gasteiger partial charge in [-0.3, -0.25) is 4.79 Å². The van der Waals surface area contributed by atoms with Crippen LogP contribution in [0.15, 0.2) is 10.9 Å². The summed E-state index contributed by atoms with van der Waals surface area (Å²) in [6.07, 6.45) is 1.19. The van der Waals surface area contributed by atoms with E-state index in [1.807, 2.05) is 0 Å². The van der Waals surface area contributed by atoms with Gasteiger partial charge < -0.3 is 20.3 Å². The molecule has 0 saturated carbocycles. The summed E-state index contributed by atoms with van der Waals surface area (Å²) in [6, 6.07) is -0.674. The lowest BCUT2D eigenvalue weighted by Crippen LogP contribution is -2.43. The summed E-state index contributed by atoms with van der Waals surface area (Å²) >= 11 is 0. The van der Waals surface area contributed by atoms with Gasteiger partial charge in [-0.05, 0) is 0 Å². The minimum atomic E-state index is -0.674. The zero-order chi connectivity index (χ0) is 10.4. The summed E-state index contributed by atoms with van der Waals surface area (Å²) in [4.78, 5) is 15.0. The number of carbonyl (C=O) groups excluding carboxylic acids is 1. The van der Waals surface area contributed by atoms with Crippen molar-refractivity contribution in [1.82, 2.24) is 15.5 Å². The zero-order valence-corrected chi connectivity index (χ0v) is 7.77. The van der Waals surface area contributed by atoms with Crippen LogP contribution in [0.25, 0.3) is 0 Å². The first-order valence-electron chi connectivity index (χ1n) is 4.01. The largest absolute Gasteiger partial charge is 0.383 e. The van der Waals surface area contributed by atoms with Crippen molar-refractivity contribution < 1.29 is 14.1 Å². The molecule has 0 aliphatic carbocycles. The molecule has 1 unspecified atom stereocenters. The molecule has 7 heteroatoms. The van der Waals surface area contributed by atoms with Gasteiger partial charge in [0, 0.05) is 7.11 Å². The van der Waals surface area contributed by atoms with Gasteiger partial charge >= 0.3 is 0 Å². The Labute approximate surface area is 80.6 Å². The van der Waals surface area contributed by atoms with Crippen LogP contribution in [-0.4, -0.2) is 35.8 Å². The van der Waals surface area contributed by atoms with E-state index in [0.717, 1.165) is 0 Å². The van der Waals surface area contributed by atoms with Crippen LogP contribution in [0.2, 0.25) is 0 Å². The third-order valence-corrected chi connectivity index (χ3v) is 1.51. The first kappa shape index (κ1) is 10.6. The van der Waals surface area contributed by atoms with Crippen molar-refractivity contribution in [1.29, 1.82) is 0 Å². The van der Waals surface area contributed by atoms with Crippen molar-refractivity contribution in [3.63, 3.8) is 0 Å². The number of rotatable bonds is 5. The number of methoxy groups -OCH3 is 1. The second-order valence-electron chi connectivity index (χ2n) is 2.63. The molecule has 0 fully saturated rings. The van der Waals surface area contributed by atoms with Crippen molar-refractivity contribution >= 4 is 5.91 Å². The second kappa shape index (κ2) is 5.30. The van der Waals surface area contributed by atoms with E-state index in [0.29, 0.717) is 5.82 Å². The third kappa shape index (κ3) is 3.11. The second-order valence-corrected chi connectivity index (χ2v) is 2.63. The van der Waals surface area contributed by atoms with Crippen molar-refractivity contribution in [3.05, 3.63) is 12.2 Å². The van der Waals surface area contributed by atoms with Crippen LogP contribution < -0.4 is 11.1 Å². The molecule has 0 spiro atoms. The average Bonchev–Trinajstić information content (AvgIpc) is 2.67. The van der Waals surface area contributed by atoms with Gasteiger partial charge in [-0.2, -0.15) is 4.98 Å². The highest BCUT2D eigenvalue weighted by Gasteiger charge is 2.12. The molecule has 1 aromatic heterocycles. The molecule has 7 nitrogen and oxygen atoms in total. The lowest BCUT2D eigenvalue weighted by molar-refractivity contribution is -0.123. The summed E-state index contributed by atoms with van der Waals surface area (Å²) < 4.78 is 9.21. The molecule has 0 bridgehead atoms. The number of ether oxygens (including phenoxy) is 1. The number of aromatic nitrogens is 2. The Balaban J connectivity index is 2.27. The van der Waals surface area contributed by atoms with E-state index in [4.69, 9.17) is 10.5 Å².